The van der Waals surface area contributed by atoms with Crippen LogP contribution in [0.2, 0.25) is 0 Å². The fraction of sp³-hybridized carbons (Fsp3) is 0.941. The molecule has 4 heteroatoms. The van der Waals surface area contributed by atoms with Gasteiger partial charge in [0.15, 0.2) is 0 Å². The van der Waals surface area contributed by atoms with Gasteiger partial charge in [0, 0.05) is 6.42 Å². The normalized spacial score (nSPS) is 11.7. The highest BCUT2D eigenvalue weighted by Gasteiger charge is 2.36. The molecule has 0 spiro atoms. The third kappa shape index (κ3) is 22.9. The Labute approximate surface area is 237 Å². The van der Waals surface area contributed by atoms with Crippen LogP contribution in [0, 0.1) is 5.41 Å². The summed E-state index contributed by atoms with van der Waals surface area (Å²) in [5.74, 6) is -1.29. The maximum absolute atomic E-state index is 12.6. The van der Waals surface area contributed by atoms with Crippen molar-refractivity contribution in [1.82, 2.24) is 0 Å². The molecule has 0 saturated carbocycles. The van der Waals surface area contributed by atoms with Crippen molar-refractivity contribution in [2.45, 2.75) is 200 Å². The Kier molecular flexibility index (Phi) is 26.7. The van der Waals surface area contributed by atoms with E-state index in [0.717, 1.165) is 77.0 Å². The average molecular weight is 539 g/mol. The molecule has 0 aliphatic carbocycles. The Bertz CT molecular complexity index is 507. The van der Waals surface area contributed by atoms with Crippen molar-refractivity contribution in [3.63, 3.8) is 0 Å². The minimum absolute atomic E-state index is 0.247. The summed E-state index contributed by atoms with van der Waals surface area (Å²) in [6.45, 7) is 4.52. The van der Waals surface area contributed by atoms with Crippen LogP contribution in [0.1, 0.15) is 200 Å². The third-order valence-corrected chi connectivity index (χ3v) is 8.52. The highest BCUT2D eigenvalue weighted by molar-refractivity contribution is 5.74. The molecule has 0 bridgehead atoms. The van der Waals surface area contributed by atoms with E-state index in [-0.39, 0.29) is 6.42 Å². The van der Waals surface area contributed by atoms with E-state index in [1.54, 1.807) is 0 Å². The molecule has 0 aromatic carbocycles. The van der Waals surface area contributed by atoms with Gasteiger partial charge in [-0.1, -0.05) is 168 Å². The van der Waals surface area contributed by atoms with E-state index in [1.165, 1.54) is 103 Å². The molecule has 0 fully saturated rings. The minimum Gasteiger partial charge on any atom is -0.481 e. The van der Waals surface area contributed by atoms with Crippen molar-refractivity contribution in [2.24, 2.45) is 5.41 Å². The van der Waals surface area contributed by atoms with Gasteiger partial charge in [-0.3, -0.25) is 9.59 Å². The molecule has 0 atom stereocenters. The second-order valence-electron chi connectivity index (χ2n) is 12.1. The Balaban J connectivity index is 4.42. The zero-order valence-electron chi connectivity index (χ0n) is 25.7. The summed E-state index contributed by atoms with van der Waals surface area (Å²) in [4.78, 5) is 23.3. The van der Waals surface area contributed by atoms with Crippen LogP contribution in [0.4, 0.5) is 0 Å². The standard InChI is InChI=1S/C34H66O4/c1-3-5-7-9-11-13-15-17-21-25-29-34(33(37)38,31-27-23-19-20-24-28-32(35)36)30-26-22-18-16-14-12-10-8-6-4-2/h3-31H2,1-2H3,(H,35,36)(H,37,38). The number of aliphatic carboxylic acids is 2. The van der Waals surface area contributed by atoms with Crippen molar-refractivity contribution in [3.05, 3.63) is 0 Å². The highest BCUT2D eigenvalue weighted by atomic mass is 16.4. The van der Waals surface area contributed by atoms with Gasteiger partial charge >= 0.3 is 11.9 Å². The monoisotopic (exact) mass is 538 g/mol. The summed E-state index contributed by atoms with van der Waals surface area (Å²) in [7, 11) is 0. The number of carboxylic acid groups (broad SMARTS) is 2. The molecule has 0 saturated heterocycles. The summed E-state index contributed by atoms with van der Waals surface area (Å²) in [5.41, 5.74) is -0.554. The SMILES string of the molecule is CCCCCCCCCCCCC(CCCCCCCCCCCC)(CCCCCCCC(=O)O)C(=O)O. The largest absolute Gasteiger partial charge is 0.481 e. The number of hydrogen-bond acceptors (Lipinski definition) is 2. The Morgan fingerprint density at radius 2 is 0.684 bits per heavy atom. The van der Waals surface area contributed by atoms with Crippen LogP contribution in [0.15, 0.2) is 0 Å². The van der Waals surface area contributed by atoms with Gasteiger partial charge in [-0.2, -0.15) is 0 Å². The van der Waals surface area contributed by atoms with Gasteiger partial charge in [0.05, 0.1) is 5.41 Å². The lowest BCUT2D eigenvalue weighted by atomic mass is 9.74. The van der Waals surface area contributed by atoms with Gasteiger partial charge in [-0.05, 0) is 25.7 Å². The lowest BCUT2D eigenvalue weighted by Gasteiger charge is -2.30. The number of rotatable bonds is 31. The zero-order chi connectivity index (χ0) is 28.2. The molecule has 2 N–H and O–H groups in total. The summed E-state index contributed by atoms with van der Waals surface area (Å²) in [5, 5.41) is 19.2. The van der Waals surface area contributed by atoms with E-state index in [0.29, 0.717) is 0 Å². The third-order valence-electron chi connectivity index (χ3n) is 8.52. The molecule has 0 aromatic heterocycles. The van der Waals surface area contributed by atoms with Gasteiger partial charge in [0.25, 0.3) is 0 Å². The van der Waals surface area contributed by atoms with E-state index in [1.807, 2.05) is 0 Å². The van der Waals surface area contributed by atoms with Crippen molar-refractivity contribution < 1.29 is 19.8 Å². The predicted octanol–water partition coefficient (Wildman–Crippen LogP) is 11.5. The molecule has 0 aliphatic rings. The topological polar surface area (TPSA) is 74.6 Å². The second kappa shape index (κ2) is 27.5. The first-order valence-corrected chi connectivity index (χ1v) is 16.9. The first kappa shape index (κ1) is 36.9. The molecule has 4 nitrogen and oxygen atoms in total. The summed E-state index contributed by atoms with van der Waals surface area (Å²) >= 11 is 0. The van der Waals surface area contributed by atoms with Crippen LogP contribution in [0.3, 0.4) is 0 Å². The van der Waals surface area contributed by atoms with E-state index >= 15 is 0 Å². The van der Waals surface area contributed by atoms with Crippen molar-refractivity contribution >= 4 is 11.9 Å². The maximum atomic E-state index is 12.6. The highest BCUT2D eigenvalue weighted by Crippen LogP contribution is 2.38. The van der Waals surface area contributed by atoms with Crippen LogP contribution >= 0.6 is 0 Å². The molecular weight excluding hydrogens is 472 g/mol. The van der Waals surface area contributed by atoms with Crippen molar-refractivity contribution in [3.8, 4) is 0 Å². The van der Waals surface area contributed by atoms with Crippen LogP contribution in [-0.4, -0.2) is 22.2 Å². The molecule has 0 unspecified atom stereocenters. The summed E-state index contributed by atoms with van der Waals surface area (Å²) in [6.07, 6.45) is 33.0. The zero-order valence-corrected chi connectivity index (χ0v) is 25.7. The molecule has 0 aliphatic heterocycles. The number of carboxylic acids is 2. The van der Waals surface area contributed by atoms with E-state index < -0.39 is 17.4 Å². The second-order valence-corrected chi connectivity index (χ2v) is 12.1. The smallest absolute Gasteiger partial charge is 0.309 e. The fourth-order valence-electron chi connectivity index (χ4n) is 5.87. The van der Waals surface area contributed by atoms with E-state index in [9.17, 15) is 14.7 Å². The van der Waals surface area contributed by atoms with Crippen LogP contribution in [0.25, 0.3) is 0 Å². The Morgan fingerprint density at radius 1 is 0.421 bits per heavy atom. The predicted molar refractivity (Wildman–Crippen MR) is 163 cm³/mol. The average Bonchev–Trinajstić information content (AvgIpc) is 2.89. The van der Waals surface area contributed by atoms with Crippen LogP contribution in [-0.2, 0) is 9.59 Å². The lowest BCUT2D eigenvalue weighted by Crippen LogP contribution is -2.31. The molecule has 0 radical (unpaired) electrons. The number of carbonyl (C=O) groups is 2. The number of unbranched alkanes of at least 4 members (excludes halogenated alkanes) is 22. The van der Waals surface area contributed by atoms with Crippen LogP contribution < -0.4 is 0 Å². The van der Waals surface area contributed by atoms with Crippen molar-refractivity contribution in [2.75, 3.05) is 0 Å². The lowest BCUT2D eigenvalue weighted by molar-refractivity contribution is -0.151. The van der Waals surface area contributed by atoms with Gasteiger partial charge < -0.3 is 10.2 Å². The maximum Gasteiger partial charge on any atom is 0.309 e. The van der Waals surface area contributed by atoms with Gasteiger partial charge in [0.2, 0.25) is 0 Å². The van der Waals surface area contributed by atoms with Crippen molar-refractivity contribution in [1.29, 1.82) is 0 Å². The van der Waals surface area contributed by atoms with Gasteiger partial charge in [0.1, 0.15) is 0 Å². The molecule has 226 valence electrons. The summed E-state index contributed by atoms with van der Waals surface area (Å²) in [6, 6.07) is 0. The Hall–Kier alpha value is -1.06. The Morgan fingerprint density at radius 3 is 0.947 bits per heavy atom. The summed E-state index contributed by atoms with van der Waals surface area (Å²) < 4.78 is 0. The van der Waals surface area contributed by atoms with Gasteiger partial charge in [-0.25, -0.2) is 0 Å². The fourth-order valence-corrected chi connectivity index (χ4v) is 5.87. The van der Waals surface area contributed by atoms with Gasteiger partial charge in [-0.15, -0.1) is 0 Å². The molecule has 0 heterocycles. The quantitative estimate of drug-likeness (QED) is 0.0860. The molecule has 0 rings (SSSR count). The molecule has 0 amide bonds. The first-order valence-electron chi connectivity index (χ1n) is 16.9. The molecule has 38 heavy (non-hydrogen) atoms. The van der Waals surface area contributed by atoms with E-state index in [2.05, 4.69) is 13.8 Å². The molecule has 0 aromatic rings. The molecular formula is C34H66O4. The van der Waals surface area contributed by atoms with E-state index in [4.69, 9.17) is 5.11 Å². The number of hydrogen-bond donors (Lipinski definition) is 2. The van der Waals surface area contributed by atoms with Crippen LogP contribution in [0.5, 0.6) is 0 Å². The minimum atomic E-state index is -0.720. The first-order chi connectivity index (χ1) is 18.5.